The molecule has 2 rings (SSSR count). The molecule has 1 N–H and O–H groups in total. The van der Waals surface area contributed by atoms with E-state index in [4.69, 9.17) is 16.3 Å². The van der Waals surface area contributed by atoms with Crippen molar-refractivity contribution in [3.8, 4) is 0 Å². The Labute approximate surface area is 131 Å². The number of pyridine rings is 1. The van der Waals surface area contributed by atoms with Gasteiger partial charge in [-0.15, -0.1) is 0 Å². The Balaban J connectivity index is 2.03. The lowest BCUT2D eigenvalue weighted by atomic mass is 9.89. The maximum absolute atomic E-state index is 6.22. The predicted molar refractivity (Wildman–Crippen MR) is 88.7 cm³/mol. The molecule has 0 atom stereocenters. The molecule has 1 heterocycles. The Hall–Kier alpha value is -1.16. The fraction of sp³-hybridized carbons (Fsp3) is 0.471. The normalized spacial score (nSPS) is 12.0. The van der Waals surface area contributed by atoms with Crippen LogP contribution >= 0.6 is 11.6 Å². The van der Waals surface area contributed by atoms with Crippen molar-refractivity contribution in [2.75, 3.05) is 20.3 Å². The summed E-state index contributed by atoms with van der Waals surface area (Å²) in [5, 5.41) is 5.29. The number of halogens is 1. The number of ether oxygens (including phenoxy) is 1. The number of benzene rings is 1. The van der Waals surface area contributed by atoms with Crippen LogP contribution in [-0.4, -0.2) is 25.2 Å². The van der Waals surface area contributed by atoms with Gasteiger partial charge < -0.3 is 10.1 Å². The van der Waals surface area contributed by atoms with E-state index in [1.54, 1.807) is 7.11 Å². The number of hydrogen-bond donors (Lipinski definition) is 1. The third kappa shape index (κ3) is 4.40. The van der Waals surface area contributed by atoms with Crippen LogP contribution in [0.15, 0.2) is 30.5 Å². The van der Waals surface area contributed by atoms with Crippen molar-refractivity contribution in [3.05, 3.63) is 41.0 Å². The fourth-order valence-corrected chi connectivity index (χ4v) is 2.56. The molecule has 1 aromatic heterocycles. The zero-order valence-corrected chi connectivity index (χ0v) is 13.7. The van der Waals surface area contributed by atoms with Gasteiger partial charge in [0, 0.05) is 43.4 Å². The van der Waals surface area contributed by atoms with E-state index < -0.39 is 0 Å². The second kappa shape index (κ2) is 7.21. The minimum atomic E-state index is 0.214. The van der Waals surface area contributed by atoms with Crippen molar-refractivity contribution in [2.24, 2.45) is 5.41 Å². The fourth-order valence-electron chi connectivity index (χ4n) is 2.34. The van der Waals surface area contributed by atoms with Gasteiger partial charge in [-0.25, -0.2) is 0 Å². The Morgan fingerprint density at radius 1 is 1.29 bits per heavy atom. The first-order valence-electron chi connectivity index (χ1n) is 7.25. The Bertz CT molecular complexity index is 598. The molecule has 114 valence electrons. The van der Waals surface area contributed by atoms with E-state index in [0.29, 0.717) is 0 Å². The first-order valence-corrected chi connectivity index (χ1v) is 7.63. The van der Waals surface area contributed by atoms with Crippen molar-refractivity contribution in [1.29, 1.82) is 0 Å². The Morgan fingerprint density at radius 3 is 2.86 bits per heavy atom. The zero-order chi connectivity index (χ0) is 15.3. The summed E-state index contributed by atoms with van der Waals surface area (Å²) in [6.45, 7) is 7.02. The van der Waals surface area contributed by atoms with Gasteiger partial charge in [0.1, 0.15) is 0 Å². The zero-order valence-electron chi connectivity index (χ0n) is 12.9. The first kappa shape index (κ1) is 16.2. The quantitative estimate of drug-likeness (QED) is 0.838. The second-order valence-electron chi connectivity index (χ2n) is 6.12. The first-order chi connectivity index (χ1) is 10.0. The summed E-state index contributed by atoms with van der Waals surface area (Å²) in [5.74, 6) is 0. The summed E-state index contributed by atoms with van der Waals surface area (Å²) in [7, 11) is 1.75. The molecule has 21 heavy (non-hydrogen) atoms. The maximum Gasteiger partial charge on any atom is 0.0761 e. The van der Waals surface area contributed by atoms with Gasteiger partial charge in [-0.2, -0.15) is 0 Å². The third-order valence-electron chi connectivity index (χ3n) is 3.70. The number of nitrogens with zero attached hydrogens (tertiary/aromatic N) is 1. The highest BCUT2D eigenvalue weighted by molar-refractivity contribution is 6.35. The molecule has 0 radical (unpaired) electrons. The molecule has 0 fully saturated rings. The Kier molecular flexibility index (Phi) is 5.57. The van der Waals surface area contributed by atoms with Crippen LogP contribution in [0.3, 0.4) is 0 Å². The maximum atomic E-state index is 6.22. The van der Waals surface area contributed by atoms with Crippen molar-refractivity contribution in [2.45, 2.75) is 26.8 Å². The van der Waals surface area contributed by atoms with Gasteiger partial charge in [-0.05, 0) is 35.6 Å². The summed E-state index contributed by atoms with van der Waals surface area (Å²) in [5.41, 5.74) is 2.37. The molecule has 3 nitrogen and oxygen atoms in total. The molecule has 0 amide bonds. The summed E-state index contributed by atoms with van der Waals surface area (Å²) < 4.78 is 5.16. The number of nitrogens with one attached hydrogen (secondary N) is 1. The van der Waals surface area contributed by atoms with Gasteiger partial charge in [0.15, 0.2) is 0 Å². The van der Waals surface area contributed by atoms with Crippen LogP contribution in [0.1, 0.15) is 25.8 Å². The van der Waals surface area contributed by atoms with Gasteiger partial charge in [0.2, 0.25) is 0 Å². The summed E-state index contributed by atoms with van der Waals surface area (Å²) >= 11 is 6.22. The van der Waals surface area contributed by atoms with Crippen LogP contribution in [0.4, 0.5) is 0 Å². The molecule has 0 spiro atoms. The number of hydrogen-bond acceptors (Lipinski definition) is 3. The van der Waals surface area contributed by atoms with Crippen LogP contribution < -0.4 is 5.32 Å². The van der Waals surface area contributed by atoms with Crippen LogP contribution in [0, 0.1) is 5.41 Å². The molecular weight excluding hydrogens is 284 g/mol. The average Bonchev–Trinajstić information content (AvgIpc) is 2.48. The topological polar surface area (TPSA) is 34.1 Å². The van der Waals surface area contributed by atoms with Gasteiger partial charge >= 0.3 is 0 Å². The SMILES string of the molecule is COCCC(C)(C)CNCc1ccc(Cl)c2cccnc12. The minimum Gasteiger partial charge on any atom is -0.385 e. The van der Waals surface area contributed by atoms with E-state index in [-0.39, 0.29) is 5.41 Å². The third-order valence-corrected chi connectivity index (χ3v) is 4.03. The summed E-state index contributed by atoms with van der Waals surface area (Å²) in [6, 6.07) is 7.92. The molecule has 0 saturated carbocycles. The minimum absolute atomic E-state index is 0.214. The number of rotatable bonds is 7. The number of methoxy groups -OCH3 is 1. The lowest BCUT2D eigenvalue weighted by Crippen LogP contribution is -2.30. The molecule has 0 aliphatic rings. The molecule has 4 heteroatoms. The number of fused-ring (bicyclic) bond motifs is 1. The number of aromatic nitrogens is 1. The van der Waals surface area contributed by atoms with E-state index in [0.717, 1.165) is 42.0 Å². The molecular formula is C17H23ClN2O. The van der Waals surface area contributed by atoms with E-state index in [2.05, 4.69) is 24.1 Å². The molecule has 0 unspecified atom stereocenters. The highest BCUT2D eigenvalue weighted by atomic mass is 35.5. The smallest absolute Gasteiger partial charge is 0.0761 e. The molecule has 0 saturated heterocycles. The van der Waals surface area contributed by atoms with Crippen molar-refractivity contribution < 1.29 is 4.74 Å². The second-order valence-corrected chi connectivity index (χ2v) is 6.52. The summed E-state index contributed by atoms with van der Waals surface area (Å²) in [6.07, 6.45) is 2.85. The van der Waals surface area contributed by atoms with E-state index in [1.807, 2.05) is 30.5 Å². The summed E-state index contributed by atoms with van der Waals surface area (Å²) in [4.78, 5) is 4.46. The van der Waals surface area contributed by atoms with E-state index >= 15 is 0 Å². The van der Waals surface area contributed by atoms with Gasteiger partial charge in [0.25, 0.3) is 0 Å². The van der Waals surface area contributed by atoms with Gasteiger partial charge in [-0.3, -0.25) is 4.98 Å². The van der Waals surface area contributed by atoms with Crippen LogP contribution in [0.25, 0.3) is 10.9 Å². The van der Waals surface area contributed by atoms with E-state index in [1.165, 1.54) is 5.56 Å². The average molecular weight is 307 g/mol. The van der Waals surface area contributed by atoms with E-state index in [9.17, 15) is 0 Å². The van der Waals surface area contributed by atoms with Gasteiger partial charge in [-0.1, -0.05) is 31.5 Å². The molecule has 0 aliphatic heterocycles. The lowest BCUT2D eigenvalue weighted by molar-refractivity contribution is 0.150. The molecule has 2 aromatic rings. The molecule has 1 aromatic carbocycles. The standard InChI is InChI=1S/C17H23ClN2O/c1-17(2,8-10-21-3)12-19-11-13-6-7-15(18)14-5-4-9-20-16(13)14/h4-7,9,19H,8,10-12H2,1-3H3. The van der Waals surface area contributed by atoms with Crippen LogP contribution in [0.5, 0.6) is 0 Å². The largest absolute Gasteiger partial charge is 0.385 e. The highest BCUT2D eigenvalue weighted by Gasteiger charge is 2.17. The predicted octanol–water partition coefficient (Wildman–Crippen LogP) is 4.04. The van der Waals surface area contributed by atoms with Crippen molar-refractivity contribution in [1.82, 2.24) is 10.3 Å². The van der Waals surface area contributed by atoms with Crippen LogP contribution in [-0.2, 0) is 11.3 Å². The van der Waals surface area contributed by atoms with Crippen LogP contribution in [0.2, 0.25) is 5.02 Å². The molecule has 0 aliphatic carbocycles. The highest BCUT2D eigenvalue weighted by Crippen LogP contribution is 2.25. The lowest BCUT2D eigenvalue weighted by Gasteiger charge is -2.24. The van der Waals surface area contributed by atoms with Gasteiger partial charge in [0.05, 0.1) is 5.52 Å². The Morgan fingerprint density at radius 2 is 2.10 bits per heavy atom. The van der Waals surface area contributed by atoms with Crippen molar-refractivity contribution in [3.63, 3.8) is 0 Å². The monoisotopic (exact) mass is 306 g/mol. The van der Waals surface area contributed by atoms with Crippen molar-refractivity contribution >= 4 is 22.5 Å². The molecule has 0 bridgehead atoms.